The first-order valence-electron chi connectivity index (χ1n) is 8.83. The van der Waals surface area contributed by atoms with Crippen molar-refractivity contribution >= 4 is 22.0 Å². The smallest absolute Gasteiger partial charge is 0.409 e. The minimum absolute atomic E-state index is 0.0510. The number of hydrogen-bond acceptors (Lipinski definition) is 7. The van der Waals surface area contributed by atoms with E-state index in [9.17, 15) is 18.0 Å². The van der Waals surface area contributed by atoms with E-state index in [1.54, 1.807) is 11.8 Å². The average molecular weight is 402 g/mol. The van der Waals surface area contributed by atoms with Crippen LogP contribution in [0.25, 0.3) is 0 Å². The lowest BCUT2D eigenvalue weighted by molar-refractivity contribution is -0.123. The molecule has 10 nitrogen and oxygen atoms in total. The molecule has 0 unspecified atom stereocenters. The molecule has 27 heavy (non-hydrogen) atoms. The highest BCUT2D eigenvalue weighted by atomic mass is 32.2. The van der Waals surface area contributed by atoms with Crippen molar-refractivity contribution in [3.8, 4) is 0 Å². The van der Waals surface area contributed by atoms with Crippen LogP contribution in [-0.4, -0.2) is 62.3 Å². The second-order valence-corrected chi connectivity index (χ2v) is 8.12. The maximum Gasteiger partial charge on any atom is 0.409 e. The van der Waals surface area contributed by atoms with Gasteiger partial charge in [0.15, 0.2) is 5.76 Å². The molecule has 11 heteroatoms. The summed E-state index contributed by atoms with van der Waals surface area (Å²) in [6, 6.07) is -1.10. The molecule has 1 saturated heterocycles. The molecule has 1 atom stereocenters. The Bertz CT molecular complexity index is 763. The lowest BCUT2D eigenvalue weighted by atomic mass is 10.1. The van der Waals surface area contributed by atoms with E-state index in [4.69, 9.17) is 9.26 Å². The SMILES string of the molecule is CCOC(=O)N1CCC(NC(=O)[C@H](C)NS(=O)(=O)c2c(C)noc2C)CC1. The Labute approximate surface area is 158 Å². The predicted molar refractivity (Wildman–Crippen MR) is 95.5 cm³/mol. The van der Waals surface area contributed by atoms with Crippen molar-refractivity contribution < 1.29 is 27.3 Å². The Morgan fingerprint density at radius 1 is 1.33 bits per heavy atom. The molecule has 2 heterocycles. The summed E-state index contributed by atoms with van der Waals surface area (Å²) in [4.78, 5) is 25.6. The summed E-state index contributed by atoms with van der Waals surface area (Å²) in [7, 11) is -3.93. The van der Waals surface area contributed by atoms with Crippen LogP contribution in [-0.2, 0) is 19.6 Å². The summed E-state index contributed by atoms with van der Waals surface area (Å²) in [5.74, 6) is -0.265. The van der Waals surface area contributed by atoms with Crippen molar-refractivity contribution in [1.82, 2.24) is 20.1 Å². The summed E-state index contributed by atoms with van der Waals surface area (Å²) >= 11 is 0. The van der Waals surface area contributed by atoms with Gasteiger partial charge in [-0.3, -0.25) is 4.79 Å². The molecule has 0 radical (unpaired) electrons. The van der Waals surface area contributed by atoms with Gasteiger partial charge in [0.05, 0.1) is 12.6 Å². The van der Waals surface area contributed by atoms with Crippen molar-refractivity contribution in [1.29, 1.82) is 0 Å². The molecule has 1 aliphatic rings. The largest absolute Gasteiger partial charge is 0.450 e. The van der Waals surface area contributed by atoms with Gasteiger partial charge in [0, 0.05) is 19.1 Å². The number of carbonyl (C=O) groups is 2. The van der Waals surface area contributed by atoms with Crippen LogP contribution in [0.1, 0.15) is 38.1 Å². The molecular weight excluding hydrogens is 376 g/mol. The third-order valence-corrected chi connectivity index (χ3v) is 6.11. The standard InChI is InChI=1S/C16H26N4O6S/c1-5-25-16(22)20-8-6-13(7-9-20)17-15(21)11(3)19-27(23,24)14-10(2)18-26-12(14)4/h11,13,19H,5-9H2,1-4H3,(H,17,21)/t11-/m0/s1. The second kappa shape index (κ2) is 8.70. The van der Waals surface area contributed by atoms with Crippen molar-refractivity contribution in [2.24, 2.45) is 0 Å². The molecular formula is C16H26N4O6S. The second-order valence-electron chi connectivity index (χ2n) is 6.47. The molecule has 1 aromatic rings. The highest BCUT2D eigenvalue weighted by Gasteiger charge is 2.30. The number of amides is 2. The monoisotopic (exact) mass is 402 g/mol. The lowest BCUT2D eigenvalue weighted by Crippen LogP contribution is -2.51. The first-order valence-corrected chi connectivity index (χ1v) is 10.3. The Kier molecular flexibility index (Phi) is 6.82. The topological polar surface area (TPSA) is 131 Å². The molecule has 0 aliphatic carbocycles. The zero-order valence-electron chi connectivity index (χ0n) is 15.9. The molecule has 2 amide bonds. The van der Waals surface area contributed by atoms with Gasteiger partial charge in [-0.15, -0.1) is 0 Å². The molecule has 1 fully saturated rings. The van der Waals surface area contributed by atoms with E-state index in [1.165, 1.54) is 20.8 Å². The van der Waals surface area contributed by atoms with Gasteiger partial charge in [0.25, 0.3) is 0 Å². The lowest BCUT2D eigenvalue weighted by Gasteiger charge is -2.32. The van der Waals surface area contributed by atoms with Gasteiger partial charge in [-0.1, -0.05) is 5.16 Å². The van der Waals surface area contributed by atoms with Crippen LogP contribution in [0.4, 0.5) is 4.79 Å². The quantitative estimate of drug-likeness (QED) is 0.716. The van der Waals surface area contributed by atoms with Gasteiger partial charge < -0.3 is 19.5 Å². The van der Waals surface area contributed by atoms with Gasteiger partial charge in [-0.2, -0.15) is 4.72 Å². The van der Waals surface area contributed by atoms with E-state index in [0.717, 1.165) is 0 Å². The van der Waals surface area contributed by atoms with Crippen molar-refractivity contribution in [3.63, 3.8) is 0 Å². The van der Waals surface area contributed by atoms with Crippen molar-refractivity contribution in [2.75, 3.05) is 19.7 Å². The summed E-state index contributed by atoms with van der Waals surface area (Å²) in [5, 5.41) is 6.45. The number of hydrogen-bond donors (Lipinski definition) is 2. The van der Waals surface area contributed by atoms with Gasteiger partial charge in [0.1, 0.15) is 10.6 Å². The molecule has 0 saturated carbocycles. The average Bonchev–Trinajstić information content (AvgIpc) is 2.94. The van der Waals surface area contributed by atoms with Gasteiger partial charge in [-0.05, 0) is 40.5 Å². The molecule has 2 N–H and O–H groups in total. The maximum atomic E-state index is 12.5. The Hall–Kier alpha value is -2.14. The number of carbonyl (C=O) groups excluding carboxylic acids is 2. The zero-order valence-corrected chi connectivity index (χ0v) is 16.8. The highest BCUT2D eigenvalue weighted by Crippen LogP contribution is 2.19. The Morgan fingerprint density at radius 2 is 1.96 bits per heavy atom. The first kappa shape index (κ1) is 21.2. The van der Waals surface area contributed by atoms with Crippen molar-refractivity contribution in [2.45, 2.75) is 57.5 Å². The Balaban J connectivity index is 1.89. The third kappa shape index (κ3) is 5.19. The molecule has 0 spiro atoms. The number of nitrogens with one attached hydrogen (secondary N) is 2. The summed E-state index contributed by atoms with van der Waals surface area (Å²) in [6.07, 6.45) is 0.796. The van der Waals surface area contributed by atoms with Crippen LogP contribution in [0, 0.1) is 13.8 Å². The van der Waals surface area contributed by atoms with Crippen LogP contribution < -0.4 is 10.0 Å². The normalized spacial score (nSPS) is 16.8. The van der Waals surface area contributed by atoms with Gasteiger partial charge >= 0.3 is 6.09 Å². The number of sulfonamides is 1. The third-order valence-electron chi connectivity index (χ3n) is 4.33. The molecule has 1 aliphatic heterocycles. The van der Waals surface area contributed by atoms with Gasteiger partial charge in [0.2, 0.25) is 15.9 Å². The summed E-state index contributed by atoms with van der Waals surface area (Å²) in [6.45, 7) is 7.50. The van der Waals surface area contributed by atoms with Gasteiger partial charge in [-0.25, -0.2) is 13.2 Å². The number of nitrogens with zero attached hydrogens (tertiary/aromatic N) is 2. The molecule has 152 valence electrons. The number of aryl methyl sites for hydroxylation is 2. The fraction of sp³-hybridized carbons (Fsp3) is 0.688. The predicted octanol–water partition coefficient (Wildman–Crippen LogP) is 0.695. The number of aromatic nitrogens is 1. The summed E-state index contributed by atoms with van der Waals surface area (Å²) in [5.41, 5.74) is 0.235. The van der Waals surface area contributed by atoms with E-state index in [2.05, 4.69) is 15.2 Å². The van der Waals surface area contributed by atoms with E-state index >= 15 is 0 Å². The van der Waals surface area contributed by atoms with E-state index in [1.807, 2.05) is 0 Å². The minimum atomic E-state index is -3.93. The number of ether oxygens (including phenoxy) is 1. The van der Waals surface area contributed by atoms with E-state index in [0.29, 0.717) is 32.5 Å². The Morgan fingerprint density at radius 3 is 2.48 bits per heavy atom. The van der Waals surface area contributed by atoms with Crippen LogP contribution in [0.3, 0.4) is 0 Å². The van der Waals surface area contributed by atoms with E-state index < -0.39 is 22.0 Å². The first-order chi connectivity index (χ1) is 12.7. The maximum absolute atomic E-state index is 12.5. The minimum Gasteiger partial charge on any atom is -0.450 e. The summed E-state index contributed by atoms with van der Waals surface area (Å²) < 4.78 is 37.1. The van der Waals surface area contributed by atoms with Crippen LogP contribution in [0.5, 0.6) is 0 Å². The van der Waals surface area contributed by atoms with E-state index in [-0.39, 0.29) is 28.5 Å². The molecule has 0 bridgehead atoms. The number of likely N-dealkylation sites (tertiary alicyclic amines) is 1. The number of piperidine rings is 1. The van der Waals surface area contributed by atoms with Crippen LogP contribution in [0.2, 0.25) is 0 Å². The molecule has 1 aromatic heterocycles. The zero-order chi connectivity index (χ0) is 20.2. The van der Waals surface area contributed by atoms with Crippen molar-refractivity contribution in [3.05, 3.63) is 11.5 Å². The molecule has 2 rings (SSSR count). The fourth-order valence-corrected chi connectivity index (χ4v) is 4.48. The highest BCUT2D eigenvalue weighted by molar-refractivity contribution is 7.89. The fourth-order valence-electron chi connectivity index (χ4n) is 2.95. The number of rotatable bonds is 6. The molecule has 0 aromatic carbocycles. The van der Waals surface area contributed by atoms with Crippen LogP contribution >= 0.6 is 0 Å². The van der Waals surface area contributed by atoms with Crippen LogP contribution in [0.15, 0.2) is 9.42 Å².